The number of anilines is 1. The van der Waals surface area contributed by atoms with E-state index in [0.717, 1.165) is 38.7 Å². The number of piperidine rings is 1. The Kier molecular flexibility index (Phi) is 6.99. The molecule has 1 N–H and O–H groups in total. The van der Waals surface area contributed by atoms with Crippen LogP contribution in [0.15, 0.2) is 22.5 Å². The zero-order valence-electron chi connectivity index (χ0n) is 15.8. The van der Waals surface area contributed by atoms with Crippen molar-refractivity contribution in [3.63, 3.8) is 0 Å². The standard InChI is InChI=1S/C19H33N5S/c1-17(16-22-8-4-3-5-9-22)15-21-19(20-2)24-12-10-23(11-13-24)18-7-6-14-25-18/h6-7,14,17H,3-5,8-13,15-16H2,1-2H3,(H,20,21). The van der Waals surface area contributed by atoms with Crippen molar-refractivity contribution in [3.8, 4) is 0 Å². The van der Waals surface area contributed by atoms with Crippen LogP contribution in [0, 0.1) is 5.92 Å². The molecular weight excluding hydrogens is 330 g/mol. The summed E-state index contributed by atoms with van der Waals surface area (Å²) in [6.45, 7) is 11.4. The van der Waals surface area contributed by atoms with Crippen molar-refractivity contribution in [3.05, 3.63) is 17.5 Å². The molecule has 5 nitrogen and oxygen atoms in total. The first-order valence-electron chi connectivity index (χ1n) is 9.72. The Labute approximate surface area is 156 Å². The molecule has 0 aromatic carbocycles. The molecule has 3 heterocycles. The molecule has 0 saturated carbocycles. The van der Waals surface area contributed by atoms with Crippen molar-refractivity contribution >= 4 is 22.3 Å². The molecule has 0 spiro atoms. The normalized spacial score (nSPS) is 21.4. The summed E-state index contributed by atoms with van der Waals surface area (Å²) in [5.74, 6) is 1.72. The van der Waals surface area contributed by atoms with Crippen LogP contribution in [-0.4, -0.2) is 75.2 Å². The molecule has 6 heteroatoms. The van der Waals surface area contributed by atoms with Gasteiger partial charge in [0.15, 0.2) is 5.96 Å². The Morgan fingerprint density at radius 1 is 1.16 bits per heavy atom. The van der Waals surface area contributed by atoms with Crippen molar-refractivity contribution in [1.82, 2.24) is 15.1 Å². The van der Waals surface area contributed by atoms with Crippen LogP contribution in [0.5, 0.6) is 0 Å². The van der Waals surface area contributed by atoms with Gasteiger partial charge in [-0.3, -0.25) is 4.99 Å². The van der Waals surface area contributed by atoms with Crippen LogP contribution in [0.25, 0.3) is 0 Å². The second-order valence-corrected chi connectivity index (χ2v) is 8.25. The summed E-state index contributed by atoms with van der Waals surface area (Å²) in [7, 11) is 1.91. The molecule has 0 amide bonds. The van der Waals surface area contributed by atoms with Crippen molar-refractivity contribution in [2.45, 2.75) is 26.2 Å². The number of hydrogen-bond acceptors (Lipinski definition) is 4. The predicted octanol–water partition coefficient (Wildman–Crippen LogP) is 2.57. The molecule has 1 aromatic heterocycles. The van der Waals surface area contributed by atoms with Crippen LogP contribution in [0.1, 0.15) is 26.2 Å². The maximum Gasteiger partial charge on any atom is 0.193 e. The highest BCUT2D eigenvalue weighted by atomic mass is 32.1. The summed E-state index contributed by atoms with van der Waals surface area (Å²) in [5, 5.41) is 7.16. The van der Waals surface area contributed by atoms with Crippen LogP contribution < -0.4 is 10.2 Å². The van der Waals surface area contributed by atoms with Gasteiger partial charge in [-0.15, -0.1) is 11.3 Å². The quantitative estimate of drug-likeness (QED) is 0.644. The third kappa shape index (κ3) is 5.35. The number of hydrogen-bond donors (Lipinski definition) is 1. The fourth-order valence-corrected chi connectivity index (χ4v) is 4.62. The highest BCUT2D eigenvalue weighted by molar-refractivity contribution is 7.14. The Hall–Kier alpha value is -1.27. The SMILES string of the molecule is CN=C(NCC(C)CN1CCCCC1)N1CCN(c2cccs2)CC1. The second kappa shape index (κ2) is 9.43. The smallest absolute Gasteiger partial charge is 0.193 e. The van der Waals surface area contributed by atoms with Gasteiger partial charge in [0.1, 0.15) is 0 Å². The number of rotatable bonds is 5. The Morgan fingerprint density at radius 3 is 2.56 bits per heavy atom. The summed E-state index contributed by atoms with van der Waals surface area (Å²) in [4.78, 5) is 12.0. The predicted molar refractivity (Wildman–Crippen MR) is 109 cm³/mol. The minimum Gasteiger partial charge on any atom is -0.360 e. The summed E-state index contributed by atoms with van der Waals surface area (Å²) >= 11 is 1.83. The zero-order chi connectivity index (χ0) is 17.5. The Bertz CT molecular complexity index is 516. The monoisotopic (exact) mass is 363 g/mol. The zero-order valence-corrected chi connectivity index (χ0v) is 16.6. The lowest BCUT2D eigenvalue weighted by Gasteiger charge is -2.37. The molecule has 2 saturated heterocycles. The van der Waals surface area contributed by atoms with Crippen molar-refractivity contribution in [1.29, 1.82) is 0 Å². The van der Waals surface area contributed by atoms with Crippen molar-refractivity contribution < 1.29 is 0 Å². The van der Waals surface area contributed by atoms with E-state index in [-0.39, 0.29) is 0 Å². The van der Waals surface area contributed by atoms with E-state index in [2.05, 4.69) is 49.4 Å². The van der Waals surface area contributed by atoms with Gasteiger partial charge in [-0.2, -0.15) is 0 Å². The largest absolute Gasteiger partial charge is 0.360 e. The molecule has 2 aliphatic rings. The fourth-order valence-electron chi connectivity index (χ4n) is 3.83. The van der Waals surface area contributed by atoms with Crippen LogP contribution >= 0.6 is 11.3 Å². The van der Waals surface area contributed by atoms with E-state index in [9.17, 15) is 0 Å². The Morgan fingerprint density at radius 2 is 1.92 bits per heavy atom. The summed E-state index contributed by atoms with van der Waals surface area (Å²) in [5.41, 5.74) is 0. The molecule has 0 radical (unpaired) electrons. The summed E-state index contributed by atoms with van der Waals surface area (Å²) < 4.78 is 0. The fraction of sp³-hybridized carbons (Fsp3) is 0.737. The number of likely N-dealkylation sites (tertiary alicyclic amines) is 1. The lowest BCUT2D eigenvalue weighted by Crippen LogP contribution is -2.53. The molecule has 1 unspecified atom stereocenters. The number of thiophene rings is 1. The van der Waals surface area contributed by atoms with Gasteiger partial charge in [0, 0.05) is 46.3 Å². The second-order valence-electron chi connectivity index (χ2n) is 7.32. The summed E-state index contributed by atoms with van der Waals surface area (Å²) in [6, 6.07) is 4.35. The molecule has 2 aliphatic heterocycles. The van der Waals surface area contributed by atoms with Crippen molar-refractivity contribution in [2.75, 3.05) is 64.3 Å². The van der Waals surface area contributed by atoms with Gasteiger partial charge >= 0.3 is 0 Å². The maximum absolute atomic E-state index is 4.52. The van der Waals surface area contributed by atoms with Gasteiger partial charge in [0.2, 0.25) is 0 Å². The molecule has 3 rings (SSSR count). The molecule has 1 atom stereocenters. The third-order valence-corrected chi connectivity index (χ3v) is 6.17. The van der Waals surface area contributed by atoms with Gasteiger partial charge in [-0.05, 0) is 49.4 Å². The minimum atomic E-state index is 0.655. The first-order chi connectivity index (χ1) is 12.3. The van der Waals surface area contributed by atoms with E-state index in [1.54, 1.807) is 0 Å². The molecule has 2 fully saturated rings. The number of nitrogens with one attached hydrogen (secondary N) is 1. The number of guanidine groups is 1. The van der Waals surface area contributed by atoms with Gasteiger partial charge in [-0.25, -0.2) is 0 Å². The summed E-state index contributed by atoms with van der Waals surface area (Å²) in [6.07, 6.45) is 4.15. The molecule has 0 bridgehead atoms. The van der Waals surface area contributed by atoms with E-state index >= 15 is 0 Å². The third-order valence-electron chi connectivity index (χ3n) is 5.24. The molecule has 0 aliphatic carbocycles. The lowest BCUT2D eigenvalue weighted by molar-refractivity contribution is 0.200. The minimum absolute atomic E-state index is 0.655. The average Bonchev–Trinajstić information content (AvgIpc) is 3.18. The molecule has 25 heavy (non-hydrogen) atoms. The van der Waals surface area contributed by atoms with Gasteiger partial charge in [0.05, 0.1) is 5.00 Å². The van der Waals surface area contributed by atoms with E-state index in [4.69, 9.17) is 0 Å². The van der Waals surface area contributed by atoms with Crippen LogP contribution in [0.3, 0.4) is 0 Å². The topological polar surface area (TPSA) is 34.1 Å². The average molecular weight is 364 g/mol. The lowest BCUT2D eigenvalue weighted by atomic mass is 10.1. The van der Waals surface area contributed by atoms with Crippen molar-refractivity contribution in [2.24, 2.45) is 10.9 Å². The first-order valence-corrected chi connectivity index (χ1v) is 10.6. The van der Waals surface area contributed by atoms with E-state index in [0.29, 0.717) is 5.92 Å². The van der Waals surface area contributed by atoms with Crippen LogP contribution in [-0.2, 0) is 0 Å². The number of piperazine rings is 1. The Balaban J connectivity index is 1.40. The molecule has 140 valence electrons. The highest BCUT2D eigenvalue weighted by Crippen LogP contribution is 2.22. The first kappa shape index (κ1) is 18.5. The van der Waals surface area contributed by atoms with Crippen LogP contribution in [0.4, 0.5) is 5.00 Å². The molecular formula is C19H33N5S. The van der Waals surface area contributed by atoms with Crippen LogP contribution in [0.2, 0.25) is 0 Å². The number of nitrogens with zero attached hydrogens (tertiary/aromatic N) is 4. The van der Waals surface area contributed by atoms with Gasteiger partial charge in [0.25, 0.3) is 0 Å². The van der Waals surface area contributed by atoms with Gasteiger partial charge in [-0.1, -0.05) is 13.3 Å². The highest BCUT2D eigenvalue weighted by Gasteiger charge is 2.21. The number of aliphatic imine (C=N–C) groups is 1. The van der Waals surface area contributed by atoms with E-state index in [1.165, 1.54) is 43.9 Å². The maximum atomic E-state index is 4.52. The molecule has 1 aromatic rings. The van der Waals surface area contributed by atoms with E-state index in [1.807, 2.05) is 18.4 Å². The van der Waals surface area contributed by atoms with E-state index < -0.39 is 0 Å². The van der Waals surface area contributed by atoms with Gasteiger partial charge < -0.3 is 20.0 Å².